The van der Waals surface area contributed by atoms with E-state index < -0.39 is 5.60 Å². The van der Waals surface area contributed by atoms with Gasteiger partial charge in [0.15, 0.2) is 0 Å². The molecule has 0 saturated carbocycles. The molecular weight excluding hydrogens is 348 g/mol. The van der Waals surface area contributed by atoms with Gasteiger partial charge in [0.2, 0.25) is 0 Å². The molecule has 28 heavy (non-hydrogen) atoms. The Morgan fingerprint density at radius 2 is 1.57 bits per heavy atom. The summed E-state index contributed by atoms with van der Waals surface area (Å²) in [6.07, 6.45) is 3.47. The molecule has 1 aliphatic heterocycles. The van der Waals surface area contributed by atoms with E-state index in [1.54, 1.807) is 19.4 Å². The molecule has 1 unspecified atom stereocenters. The molecule has 4 nitrogen and oxygen atoms in total. The molecule has 1 aliphatic rings. The standard InChI is InChI=1S/C24H24N2O2/c1-28-24(19-11-4-2-5-12-19,20-13-6-3-7-14-20)22-16-10-18-26(22)23(27)21-15-8-9-17-25-21/h2-9,11-15,17,22H,10,16,18H2,1H3. The molecule has 1 fully saturated rings. The third kappa shape index (κ3) is 3.10. The van der Waals surface area contributed by atoms with Crippen LogP contribution in [0.2, 0.25) is 0 Å². The lowest BCUT2D eigenvalue weighted by Crippen LogP contribution is -2.51. The number of methoxy groups -OCH3 is 1. The van der Waals surface area contributed by atoms with Crippen molar-refractivity contribution in [1.82, 2.24) is 9.88 Å². The Hall–Kier alpha value is -2.98. The summed E-state index contributed by atoms with van der Waals surface area (Å²) in [5.74, 6) is -0.0450. The molecule has 1 saturated heterocycles. The number of nitrogens with zero attached hydrogens (tertiary/aromatic N) is 2. The lowest BCUT2D eigenvalue weighted by Gasteiger charge is -2.43. The van der Waals surface area contributed by atoms with Crippen molar-refractivity contribution < 1.29 is 9.53 Å². The molecule has 1 amide bonds. The minimum Gasteiger partial charge on any atom is -0.367 e. The highest BCUT2D eigenvalue weighted by molar-refractivity contribution is 5.92. The van der Waals surface area contributed by atoms with E-state index in [1.807, 2.05) is 53.4 Å². The van der Waals surface area contributed by atoms with Crippen molar-refractivity contribution in [2.75, 3.05) is 13.7 Å². The van der Waals surface area contributed by atoms with Crippen molar-refractivity contribution in [3.63, 3.8) is 0 Å². The summed E-state index contributed by atoms with van der Waals surface area (Å²) in [6, 6.07) is 25.7. The van der Waals surface area contributed by atoms with Crippen LogP contribution in [0.15, 0.2) is 85.1 Å². The van der Waals surface area contributed by atoms with Gasteiger partial charge in [0, 0.05) is 19.9 Å². The van der Waals surface area contributed by atoms with Crippen LogP contribution < -0.4 is 0 Å². The Morgan fingerprint density at radius 1 is 0.964 bits per heavy atom. The van der Waals surface area contributed by atoms with E-state index in [2.05, 4.69) is 29.2 Å². The average Bonchev–Trinajstić information content (AvgIpc) is 3.27. The van der Waals surface area contributed by atoms with E-state index in [0.29, 0.717) is 12.2 Å². The number of rotatable bonds is 5. The number of benzene rings is 2. The van der Waals surface area contributed by atoms with E-state index in [4.69, 9.17) is 4.74 Å². The minimum atomic E-state index is -0.733. The van der Waals surface area contributed by atoms with Crippen LogP contribution in [0.5, 0.6) is 0 Å². The van der Waals surface area contributed by atoms with Crippen molar-refractivity contribution >= 4 is 5.91 Å². The average molecular weight is 372 g/mol. The number of carbonyl (C=O) groups excluding carboxylic acids is 1. The fourth-order valence-corrected chi connectivity index (χ4v) is 4.36. The maximum absolute atomic E-state index is 13.3. The number of pyridine rings is 1. The van der Waals surface area contributed by atoms with Crippen LogP contribution in [-0.4, -0.2) is 35.5 Å². The zero-order valence-corrected chi connectivity index (χ0v) is 16.0. The molecule has 2 aromatic carbocycles. The number of hydrogen-bond donors (Lipinski definition) is 0. The molecule has 0 spiro atoms. The van der Waals surface area contributed by atoms with Gasteiger partial charge in [-0.05, 0) is 36.1 Å². The maximum atomic E-state index is 13.3. The second-order valence-corrected chi connectivity index (χ2v) is 7.04. The van der Waals surface area contributed by atoms with E-state index in [0.717, 1.165) is 24.0 Å². The van der Waals surface area contributed by atoms with E-state index in [-0.39, 0.29) is 11.9 Å². The summed E-state index contributed by atoms with van der Waals surface area (Å²) in [7, 11) is 1.74. The molecule has 0 radical (unpaired) electrons. The van der Waals surface area contributed by atoms with Gasteiger partial charge in [-0.25, -0.2) is 0 Å². The lowest BCUT2D eigenvalue weighted by molar-refractivity contribution is -0.0362. The summed E-state index contributed by atoms with van der Waals surface area (Å²) < 4.78 is 6.30. The normalized spacial score (nSPS) is 16.9. The third-order valence-electron chi connectivity index (χ3n) is 5.59. The fourth-order valence-electron chi connectivity index (χ4n) is 4.36. The highest BCUT2D eigenvalue weighted by atomic mass is 16.5. The highest BCUT2D eigenvalue weighted by Gasteiger charge is 2.49. The first-order chi connectivity index (χ1) is 13.8. The SMILES string of the molecule is COC(c1ccccc1)(c1ccccc1)C1CCCN1C(=O)c1ccccn1. The number of amides is 1. The predicted octanol–water partition coefficient (Wildman–Crippen LogP) is 4.28. The van der Waals surface area contributed by atoms with Crippen LogP contribution in [0.3, 0.4) is 0 Å². The van der Waals surface area contributed by atoms with Gasteiger partial charge in [-0.2, -0.15) is 0 Å². The first-order valence-electron chi connectivity index (χ1n) is 9.65. The Bertz CT molecular complexity index is 874. The second kappa shape index (κ2) is 7.95. The monoisotopic (exact) mass is 372 g/mol. The summed E-state index contributed by atoms with van der Waals surface area (Å²) in [5.41, 5.74) is 1.84. The van der Waals surface area contributed by atoms with Crippen molar-refractivity contribution in [2.45, 2.75) is 24.5 Å². The highest BCUT2D eigenvalue weighted by Crippen LogP contribution is 2.43. The molecule has 142 valence electrons. The first-order valence-corrected chi connectivity index (χ1v) is 9.65. The van der Waals surface area contributed by atoms with Gasteiger partial charge >= 0.3 is 0 Å². The summed E-state index contributed by atoms with van der Waals surface area (Å²) in [4.78, 5) is 19.5. The van der Waals surface area contributed by atoms with Crippen molar-refractivity contribution in [3.05, 3.63) is 102 Å². The van der Waals surface area contributed by atoms with Gasteiger partial charge in [-0.3, -0.25) is 9.78 Å². The molecule has 0 aliphatic carbocycles. The number of likely N-dealkylation sites (tertiary alicyclic amines) is 1. The van der Waals surface area contributed by atoms with Crippen LogP contribution in [-0.2, 0) is 10.3 Å². The fraction of sp³-hybridized carbons (Fsp3) is 0.250. The zero-order valence-electron chi connectivity index (χ0n) is 16.0. The van der Waals surface area contributed by atoms with Crippen LogP contribution in [0.25, 0.3) is 0 Å². The Labute approximate surface area is 165 Å². The van der Waals surface area contributed by atoms with E-state index in [9.17, 15) is 4.79 Å². The van der Waals surface area contributed by atoms with Gasteiger partial charge in [0.25, 0.3) is 5.91 Å². The van der Waals surface area contributed by atoms with Crippen molar-refractivity contribution in [2.24, 2.45) is 0 Å². The van der Waals surface area contributed by atoms with E-state index >= 15 is 0 Å². The number of ether oxygens (including phenoxy) is 1. The van der Waals surface area contributed by atoms with Crippen molar-refractivity contribution in [3.8, 4) is 0 Å². The first kappa shape index (κ1) is 18.4. The number of aromatic nitrogens is 1. The lowest BCUT2D eigenvalue weighted by atomic mass is 9.78. The molecule has 1 atom stereocenters. The molecule has 1 aromatic heterocycles. The third-order valence-corrected chi connectivity index (χ3v) is 5.59. The molecule has 3 aromatic rings. The summed E-state index contributed by atoms with van der Waals surface area (Å²) >= 11 is 0. The summed E-state index contributed by atoms with van der Waals surface area (Å²) in [6.45, 7) is 0.699. The molecular formula is C24H24N2O2. The van der Waals surface area contributed by atoms with Gasteiger partial charge in [-0.1, -0.05) is 66.7 Å². The Kier molecular flexibility index (Phi) is 5.22. The number of hydrogen-bond acceptors (Lipinski definition) is 3. The molecule has 0 N–H and O–H groups in total. The quantitative estimate of drug-likeness (QED) is 0.671. The largest absolute Gasteiger partial charge is 0.367 e. The topological polar surface area (TPSA) is 42.4 Å². The van der Waals surface area contributed by atoms with Crippen LogP contribution in [0.1, 0.15) is 34.5 Å². The molecule has 2 heterocycles. The maximum Gasteiger partial charge on any atom is 0.272 e. The van der Waals surface area contributed by atoms with Gasteiger partial charge in [0.1, 0.15) is 11.3 Å². The van der Waals surface area contributed by atoms with Crippen LogP contribution >= 0.6 is 0 Å². The molecule has 0 bridgehead atoms. The van der Waals surface area contributed by atoms with E-state index in [1.165, 1.54) is 0 Å². The molecule has 4 heteroatoms. The second-order valence-electron chi connectivity index (χ2n) is 7.04. The van der Waals surface area contributed by atoms with Crippen LogP contribution in [0, 0.1) is 0 Å². The Balaban J connectivity index is 1.83. The zero-order chi connectivity index (χ0) is 19.4. The van der Waals surface area contributed by atoms with Gasteiger partial charge < -0.3 is 9.64 Å². The predicted molar refractivity (Wildman–Crippen MR) is 109 cm³/mol. The van der Waals surface area contributed by atoms with Gasteiger partial charge in [-0.15, -0.1) is 0 Å². The Morgan fingerprint density at radius 3 is 2.11 bits per heavy atom. The number of carbonyl (C=O) groups is 1. The molecule has 4 rings (SSSR count). The summed E-state index contributed by atoms with van der Waals surface area (Å²) in [5, 5.41) is 0. The van der Waals surface area contributed by atoms with Crippen LogP contribution in [0.4, 0.5) is 0 Å². The minimum absolute atomic E-state index is 0.0450. The van der Waals surface area contributed by atoms with Gasteiger partial charge in [0.05, 0.1) is 6.04 Å². The smallest absolute Gasteiger partial charge is 0.272 e. The van der Waals surface area contributed by atoms with Crippen molar-refractivity contribution in [1.29, 1.82) is 0 Å².